The lowest BCUT2D eigenvalue weighted by molar-refractivity contribution is -0.142. The van der Waals surface area contributed by atoms with Crippen molar-refractivity contribution >= 4 is 23.2 Å². The molecular weight excluding hydrogens is 295 g/mol. The number of hydrogen-bond donors (Lipinski definition) is 1. The largest absolute Gasteiger partial charge is 0.468 e. The zero-order valence-electron chi connectivity index (χ0n) is 11.2. The van der Waals surface area contributed by atoms with Gasteiger partial charge in [0.05, 0.1) is 18.5 Å². The molecule has 2 aromatic rings. The predicted octanol–water partition coefficient (Wildman–Crippen LogP) is 1.97. The van der Waals surface area contributed by atoms with Gasteiger partial charge in [-0.15, -0.1) is 11.3 Å². The predicted molar refractivity (Wildman–Crippen MR) is 75.6 cm³/mol. The number of thiazole rings is 1. The van der Waals surface area contributed by atoms with Gasteiger partial charge in [0.2, 0.25) is 0 Å². The third-order valence-corrected chi connectivity index (χ3v) is 3.48. The number of carbonyl (C=O) groups excluding carboxylic acids is 2. The molecule has 0 saturated heterocycles. The van der Waals surface area contributed by atoms with Crippen LogP contribution in [-0.4, -0.2) is 30.5 Å². The van der Waals surface area contributed by atoms with Crippen molar-refractivity contribution in [1.82, 2.24) is 10.3 Å². The third kappa shape index (κ3) is 3.85. The molecule has 2 rings (SSSR count). The fraction of sp³-hybridized carbons (Fsp3) is 0.214. The van der Waals surface area contributed by atoms with Crippen molar-refractivity contribution in [2.75, 3.05) is 13.7 Å². The van der Waals surface area contributed by atoms with Crippen molar-refractivity contribution in [3.05, 3.63) is 52.2 Å². The SMILES string of the molecule is COC(=O)C(CNC(=O)c1cscn1)c1ccc(F)cc1. The highest BCUT2D eigenvalue weighted by Crippen LogP contribution is 2.17. The van der Waals surface area contributed by atoms with Crippen LogP contribution in [0.4, 0.5) is 4.39 Å². The second-order valence-electron chi connectivity index (χ2n) is 4.21. The topological polar surface area (TPSA) is 68.3 Å². The molecule has 1 unspecified atom stereocenters. The Balaban J connectivity index is 2.08. The minimum atomic E-state index is -0.696. The van der Waals surface area contributed by atoms with Gasteiger partial charge in [0.15, 0.2) is 0 Å². The number of ether oxygens (including phenoxy) is 1. The molecule has 0 spiro atoms. The van der Waals surface area contributed by atoms with Crippen LogP contribution in [0.15, 0.2) is 35.2 Å². The average Bonchev–Trinajstić information content (AvgIpc) is 3.03. The third-order valence-electron chi connectivity index (χ3n) is 2.89. The van der Waals surface area contributed by atoms with Crippen LogP contribution in [0.2, 0.25) is 0 Å². The number of esters is 1. The summed E-state index contributed by atoms with van der Waals surface area (Å²) in [7, 11) is 1.26. The van der Waals surface area contributed by atoms with Gasteiger partial charge in [0, 0.05) is 11.9 Å². The summed E-state index contributed by atoms with van der Waals surface area (Å²) in [6.07, 6.45) is 0. The van der Waals surface area contributed by atoms with E-state index in [1.54, 1.807) is 10.9 Å². The molecule has 1 heterocycles. The van der Waals surface area contributed by atoms with E-state index in [1.807, 2.05) is 0 Å². The lowest BCUT2D eigenvalue weighted by atomic mass is 9.99. The molecule has 1 aromatic carbocycles. The van der Waals surface area contributed by atoms with Crippen molar-refractivity contribution in [2.45, 2.75) is 5.92 Å². The average molecular weight is 308 g/mol. The van der Waals surface area contributed by atoms with E-state index in [9.17, 15) is 14.0 Å². The van der Waals surface area contributed by atoms with Crippen LogP contribution >= 0.6 is 11.3 Å². The van der Waals surface area contributed by atoms with Gasteiger partial charge in [0.1, 0.15) is 11.5 Å². The molecule has 0 bridgehead atoms. The van der Waals surface area contributed by atoms with Crippen LogP contribution in [0.5, 0.6) is 0 Å². The molecule has 1 aromatic heterocycles. The summed E-state index contributed by atoms with van der Waals surface area (Å²) < 4.78 is 17.7. The summed E-state index contributed by atoms with van der Waals surface area (Å²) in [5.74, 6) is -1.96. The fourth-order valence-corrected chi connectivity index (χ4v) is 2.32. The quantitative estimate of drug-likeness (QED) is 0.858. The van der Waals surface area contributed by atoms with Crippen molar-refractivity contribution in [3.8, 4) is 0 Å². The molecule has 21 heavy (non-hydrogen) atoms. The van der Waals surface area contributed by atoms with Gasteiger partial charge in [-0.3, -0.25) is 9.59 Å². The minimum absolute atomic E-state index is 0.0503. The lowest BCUT2D eigenvalue weighted by Crippen LogP contribution is -2.32. The number of hydrogen-bond acceptors (Lipinski definition) is 5. The van der Waals surface area contributed by atoms with Crippen molar-refractivity contribution < 1.29 is 18.7 Å². The Labute approximate surface area is 124 Å². The van der Waals surface area contributed by atoms with Crippen LogP contribution in [-0.2, 0) is 9.53 Å². The van der Waals surface area contributed by atoms with Crippen molar-refractivity contribution in [1.29, 1.82) is 0 Å². The Morgan fingerprint density at radius 2 is 2.10 bits per heavy atom. The van der Waals surface area contributed by atoms with E-state index in [1.165, 1.54) is 42.7 Å². The van der Waals surface area contributed by atoms with Gasteiger partial charge in [-0.2, -0.15) is 0 Å². The number of rotatable bonds is 5. The standard InChI is InChI=1S/C14H13FN2O3S/c1-20-14(19)11(9-2-4-10(15)5-3-9)6-16-13(18)12-7-21-8-17-12/h2-5,7-8,11H,6H2,1H3,(H,16,18). The van der Waals surface area contributed by atoms with Crippen LogP contribution in [0.25, 0.3) is 0 Å². The number of carbonyl (C=O) groups is 2. The number of benzene rings is 1. The first kappa shape index (κ1) is 15.1. The molecule has 0 aliphatic carbocycles. The Kier molecular flexibility index (Phi) is 4.99. The zero-order chi connectivity index (χ0) is 15.2. The summed E-state index contributed by atoms with van der Waals surface area (Å²) in [5.41, 5.74) is 2.41. The first-order valence-corrected chi connectivity index (χ1v) is 7.05. The highest BCUT2D eigenvalue weighted by atomic mass is 32.1. The molecule has 1 atom stereocenters. The molecule has 0 fully saturated rings. The maximum atomic E-state index is 12.9. The Hall–Kier alpha value is -2.28. The number of amides is 1. The van der Waals surface area contributed by atoms with E-state index < -0.39 is 17.7 Å². The smallest absolute Gasteiger partial charge is 0.314 e. The van der Waals surface area contributed by atoms with E-state index in [0.29, 0.717) is 11.3 Å². The van der Waals surface area contributed by atoms with Gasteiger partial charge >= 0.3 is 5.97 Å². The molecule has 5 nitrogen and oxygen atoms in total. The normalized spacial score (nSPS) is 11.7. The van der Waals surface area contributed by atoms with Gasteiger partial charge in [-0.1, -0.05) is 12.1 Å². The first-order chi connectivity index (χ1) is 10.1. The van der Waals surface area contributed by atoms with Gasteiger partial charge in [-0.25, -0.2) is 9.37 Å². The van der Waals surface area contributed by atoms with Crippen LogP contribution in [0, 0.1) is 5.82 Å². The van der Waals surface area contributed by atoms with Crippen LogP contribution < -0.4 is 5.32 Å². The van der Waals surface area contributed by atoms with E-state index >= 15 is 0 Å². The molecule has 1 N–H and O–H groups in total. The number of nitrogens with one attached hydrogen (secondary N) is 1. The maximum Gasteiger partial charge on any atom is 0.314 e. The number of nitrogens with zero attached hydrogens (tertiary/aromatic N) is 1. The molecule has 0 aliphatic rings. The minimum Gasteiger partial charge on any atom is -0.468 e. The molecule has 1 amide bonds. The number of aromatic nitrogens is 1. The van der Waals surface area contributed by atoms with Gasteiger partial charge < -0.3 is 10.1 Å². The molecule has 0 saturated carbocycles. The Morgan fingerprint density at radius 1 is 1.38 bits per heavy atom. The monoisotopic (exact) mass is 308 g/mol. The van der Waals surface area contributed by atoms with Crippen LogP contribution in [0.3, 0.4) is 0 Å². The fourth-order valence-electron chi connectivity index (χ4n) is 1.78. The summed E-state index contributed by atoms with van der Waals surface area (Å²) >= 11 is 1.31. The van der Waals surface area contributed by atoms with Gasteiger partial charge in [0.25, 0.3) is 5.91 Å². The first-order valence-electron chi connectivity index (χ1n) is 6.11. The van der Waals surface area contributed by atoms with E-state index in [0.717, 1.165) is 0 Å². The summed E-state index contributed by atoms with van der Waals surface area (Å²) in [6, 6.07) is 5.50. The van der Waals surface area contributed by atoms with E-state index in [-0.39, 0.29) is 12.5 Å². The molecule has 0 radical (unpaired) electrons. The molecular formula is C14H13FN2O3S. The van der Waals surface area contributed by atoms with E-state index in [2.05, 4.69) is 10.3 Å². The van der Waals surface area contributed by atoms with Gasteiger partial charge in [-0.05, 0) is 17.7 Å². The molecule has 110 valence electrons. The number of halogens is 1. The second-order valence-corrected chi connectivity index (χ2v) is 4.93. The lowest BCUT2D eigenvalue weighted by Gasteiger charge is -2.15. The molecule has 0 aliphatic heterocycles. The van der Waals surface area contributed by atoms with Crippen LogP contribution in [0.1, 0.15) is 22.0 Å². The highest BCUT2D eigenvalue weighted by Gasteiger charge is 2.22. The summed E-state index contributed by atoms with van der Waals surface area (Å²) in [4.78, 5) is 27.5. The van der Waals surface area contributed by atoms with Crippen molar-refractivity contribution in [3.63, 3.8) is 0 Å². The highest BCUT2D eigenvalue weighted by molar-refractivity contribution is 7.07. The van der Waals surface area contributed by atoms with E-state index in [4.69, 9.17) is 4.74 Å². The van der Waals surface area contributed by atoms with Crippen molar-refractivity contribution in [2.24, 2.45) is 0 Å². The second kappa shape index (κ2) is 6.94. The number of methoxy groups -OCH3 is 1. The maximum absolute atomic E-state index is 12.9. The zero-order valence-corrected chi connectivity index (χ0v) is 12.0. The summed E-state index contributed by atoms with van der Waals surface area (Å²) in [6.45, 7) is 0.0503. The Bertz CT molecular complexity index is 614. The molecule has 7 heteroatoms. The Morgan fingerprint density at radius 3 is 2.67 bits per heavy atom. The summed E-state index contributed by atoms with van der Waals surface area (Å²) in [5, 5.41) is 4.24.